The molecule has 4 rings (SSSR count). The van der Waals surface area contributed by atoms with Crippen molar-refractivity contribution in [2.75, 3.05) is 14.1 Å². The summed E-state index contributed by atoms with van der Waals surface area (Å²) in [5.74, 6) is 0.0698. The van der Waals surface area contributed by atoms with Crippen LogP contribution in [-0.4, -0.2) is 39.5 Å². The lowest BCUT2D eigenvalue weighted by Gasteiger charge is -2.16. The minimum absolute atomic E-state index is 0.131. The zero-order chi connectivity index (χ0) is 19.1. The van der Waals surface area contributed by atoms with Gasteiger partial charge in [-0.15, -0.1) is 10.2 Å². The normalized spacial score (nSPS) is 13.2. The van der Waals surface area contributed by atoms with Crippen LogP contribution in [0.15, 0.2) is 45.9 Å². The standard InChI is InChI=1S/C19H16BrF2N5/c1-26(2)10-17-25-24-16-9-23-19(18-13(21)4-3-5-14(18)22)12-7-6-11(20)8-15(12)27(16)17/h3-8H,9-10H2,1-2H3. The van der Waals surface area contributed by atoms with Crippen LogP contribution in [0.1, 0.15) is 22.8 Å². The van der Waals surface area contributed by atoms with Crippen molar-refractivity contribution in [2.45, 2.75) is 13.1 Å². The SMILES string of the molecule is CN(C)Cc1nnc2n1-c1cc(Br)ccc1C(c1c(F)cccc1F)=NC2. The van der Waals surface area contributed by atoms with E-state index in [9.17, 15) is 8.78 Å². The average molecular weight is 432 g/mol. The number of hydrogen-bond acceptors (Lipinski definition) is 4. The van der Waals surface area contributed by atoms with Crippen LogP contribution in [0.25, 0.3) is 5.69 Å². The van der Waals surface area contributed by atoms with Crippen LogP contribution < -0.4 is 0 Å². The molecular weight excluding hydrogens is 416 g/mol. The zero-order valence-electron chi connectivity index (χ0n) is 14.7. The van der Waals surface area contributed by atoms with Crippen molar-refractivity contribution in [3.05, 3.63) is 75.3 Å². The Morgan fingerprint density at radius 2 is 1.85 bits per heavy atom. The maximum atomic E-state index is 14.5. The highest BCUT2D eigenvalue weighted by molar-refractivity contribution is 9.10. The topological polar surface area (TPSA) is 46.3 Å². The van der Waals surface area contributed by atoms with Crippen molar-refractivity contribution in [2.24, 2.45) is 4.99 Å². The fraction of sp³-hybridized carbons (Fsp3) is 0.211. The second kappa shape index (κ2) is 6.94. The first-order valence-corrected chi connectivity index (χ1v) is 9.12. The van der Waals surface area contributed by atoms with Gasteiger partial charge in [0.25, 0.3) is 0 Å². The zero-order valence-corrected chi connectivity index (χ0v) is 16.3. The molecule has 0 spiro atoms. The Bertz CT molecular complexity index is 1040. The highest BCUT2D eigenvalue weighted by Crippen LogP contribution is 2.30. The summed E-state index contributed by atoms with van der Waals surface area (Å²) in [5.41, 5.74) is 1.50. The van der Waals surface area contributed by atoms with E-state index in [1.54, 1.807) is 6.07 Å². The number of rotatable bonds is 3. The van der Waals surface area contributed by atoms with E-state index in [1.165, 1.54) is 18.2 Å². The fourth-order valence-corrected chi connectivity index (χ4v) is 3.53. The molecule has 2 heterocycles. The molecule has 0 radical (unpaired) electrons. The molecule has 0 atom stereocenters. The van der Waals surface area contributed by atoms with E-state index in [0.29, 0.717) is 17.9 Å². The van der Waals surface area contributed by atoms with Crippen LogP contribution >= 0.6 is 15.9 Å². The highest BCUT2D eigenvalue weighted by Gasteiger charge is 2.26. The summed E-state index contributed by atoms with van der Waals surface area (Å²) in [6.07, 6.45) is 0. The molecular formula is C19H16BrF2N5. The van der Waals surface area contributed by atoms with Crippen LogP contribution in [0.4, 0.5) is 8.78 Å². The van der Waals surface area contributed by atoms with Crippen molar-refractivity contribution in [3.63, 3.8) is 0 Å². The number of hydrogen-bond donors (Lipinski definition) is 0. The van der Waals surface area contributed by atoms with Gasteiger partial charge in [-0.2, -0.15) is 0 Å². The van der Waals surface area contributed by atoms with Gasteiger partial charge in [-0.3, -0.25) is 9.56 Å². The van der Waals surface area contributed by atoms with E-state index in [-0.39, 0.29) is 17.8 Å². The first-order valence-electron chi connectivity index (χ1n) is 8.32. The summed E-state index contributed by atoms with van der Waals surface area (Å²) in [5, 5.41) is 8.53. The van der Waals surface area contributed by atoms with Crippen molar-refractivity contribution >= 4 is 21.6 Å². The quantitative estimate of drug-likeness (QED) is 0.634. The maximum absolute atomic E-state index is 14.5. The first kappa shape index (κ1) is 17.9. The third kappa shape index (κ3) is 3.19. The highest BCUT2D eigenvalue weighted by atomic mass is 79.9. The van der Waals surface area contributed by atoms with Gasteiger partial charge in [0.2, 0.25) is 0 Å². The van der Waals surface area contributed by atoms with Crippen LogP contribution in [-0.2, 0) is 13.1 Å². The third-order valence-corrected chi connectivity index (χ3v) is 4.78. The number of benzene rings is 2. The van der Waals surface area contributed by atoms with Gasteiger partial charge in [0.1, 0.15) is 18.2 Å². The molecule has 0 bridgehead atoms. The monoisotopic (exact) mass is 431 g/mol. The third-order valence-electron chi connectivity index (χ3n) is 4.29. The van der Waals surface area contributed by atoms with E-state index in [4.69, 9.17) is 0 Å². The Morgan fingerprint density at radius 3 is 2.56 bits per heavy atom. The number of nitrogens with zero attached hydrogens (tertiary/aromatic N) is 5. The Morgan fingerprint density at radius 1 is 1.11 bits per heavy atom. The smallest absolute Gasteiger partial charge is 0.159 e. The number of aliphatic imine (C=N–C) groups is 1. The summed E-state index contributed by atoms with van der Waals surface area (Å²) >= 11 is 3.48. The predicted molar refractivity (Wildman–Crippen MR) is 102 cm³/mol. The van der Waals surface area contributed by atoms with Gasteiger partial charge in [-0.05, 0) is 44.4 Å². The van der Waals surface area contributed by atoms with E-state index in [2.05, 4.69) is 31.1 Å². The summed E-state index contributed by atoms with van der Waals surface area (Å²) < 4.78 is 31.7. The summed E-state index contributed by atoms with van der Waals surface area (Å²) in [6, 6.07) is 9.34. The molecule has 0 N–H and O–H groups in total. The van der Waals surface area contributed by atoms with Gasteiger partial charge >= 0.3 is 0 Å². The summed E-state index contributed by atoms with van der Waals surface area (Å²) in [4.78, 5) is 6.49. The van der Waals surface area contributed by atoms with Crippen LogP contribution in [0.2, 0.25) is 0 Å². The molecule has 138 valence electrons. The van der Waals surface area contributed by atoms with E-state index >= 15 is 0 Å². The van der Waals surface area contributed by atoms with E-state index < -0.39 is 11.6 Å². The lowest BCUT2D eigenvalue weighted by molar-refractivity contribution is 0.387. The lowest BCUT2D eigenvalue weighted by atomic mass is 9.99. The molecule has 0 fully saturated rings. The van der Waals surface area contributed by atoms with Gasteiger partial charge in [-0.1, -0.05) is 22.0 Å². The largest absolute Gasteiger partial charge is 0.302 e. The second-order valence-electron chi connectivity index (χ2n) is 6.53. The number of halogens is 3. The van der Waals surface area contributed by atoms with Gasteiger partial charge in [-0.25, -0.2) is 8.78 Å². The van der Waals surface area contributed by atoms with Crippen LogP contribution in [0.5, 0.6) is 0 Å². The first-order chi connectivity index (χ1) is 13.0. The van der Waals surface area contributed by atoms with Gasteiger partial charge in [0.15, 0.2) is 11.6 Å². The Hall–Kier alpha value is -2.45. The van der Waals surface area contributed by atoms with Gasteiger partial charge in [0.05, 0.1) is 23.5 Å². The summed E-state index contributed by atoms with van der Waals surface area (Å²) in [7, 11) is 3.88. The molecule has 0 amide bonds. The minimum Gasteiger partial charge on any atom is -0.302 e. The average Bonchev–Trinajstić information content (AvgIpc) is 2.92. The van der Waals surface area contributed by atoms with Gasteiger partial charge < -0.3 is 4.90 Å². The second-order valence-corrected chi connectivity index (χ2v) is 7.44. The predicted octanol–water partition coefficient (Wildman–Crippen LogP) is 3.72. The number of fused-ring (bicyclic) bond motifs is 3. The van der Waals surface area contributed by atoms with Crippen molar-refractivity contribution in [3.8, 4) is 5.69 Å². The lowest BCUT2D eigenvalue weighted by Crippen LogP contribution is -2.17. The van der Waals surface area contributed by atoms with Gasteiger partial charge in [0, 0.05) is 10.0 Å². The van der Waals surface area contributed by atoms with Crippen molar-refractivity contribution < 1.29 is 8.78 Å². The molecule has 0 saturated carbocycles. The minimum atomic E-state index is -0.645. The molecule has 27 heavy (non-hydrogen) atoms. The molecule has 1 aliphatic rings. The molecule has 8 heteroatoms. The molecule has 5 nitrogen and oxygen atoms in total. The Labute approximate surface area is 163 Å². The molecule has 2 aromatic carbocycles. The molecule has 0 aliphatic carbocycles. The molecule has 3 aromatic rings. The maximum Gasteiger partial charge on any atom is 0.159 e. The molecule has 1 aliphatic heterocycles. The molecule has 1 aromatic heterocycles. The van der Waals surface area contributed by atoms with Crippen LogP contribution in [0.3, 0.4) is 0 Å². The van der Waals surface area contributed by atoms with Crippen LogP contribution in [0, 0.1) is 11.6 Å². The molecule has 0 unspecified atom stereocenters. The van der Waals surface area contributed by atoms with E-state index in [1.807, 2.05) is 35.7 Å². The van der Waals surface area contributed by atoms with E-state index in [0.717, 1.165) is 16.0 Å². The fourth-order valence-electron chi connectivity index (χ4n) is 3.18. The number of aromatic nitrogens is 3. The Kier molecular flexibility index (Phi) is 4.61. The van der Waals surface area contributed by atoms with Crippen molar-refractivity contribution in [1.29, 1.82) is 0 Å². The molecule has 0 saturated heterocycles. The van der Waals surface area contributed by atoms with Crippen molar-refractivity contribution in [1.82, 2.24) is 19.7 Å². The summed E-state index contributed by atoms with van der Waals surface area (Å²) in [6.45, 7) is 0.748. The Balaban J connectivity index is 1.98.